The zero-order chi connectivity index (χ0) is 19.9. The molecule has 8 heteroatoms. The number of guanidine groups is 1. The number of benzene rings is 1. The minimum Gasteiger partial charge on any atom is -0.356 e. The van der Waals surface area contributed by atoms with Crippen LogP contribution in [0, 0.1) is 11.7 Å². The number of rotatable bonds is 5. The molecule has 1 aromatic rings. The fourth-order valence-electron chi connectivity index (χ4n) is 4.11. The van der Waals surface area contributed by atoms with E-state index >= 15 is 0 Å². The first-order chi connectivity index (χ1) is 13.6. The minimum absolute atomic E-state index is 0. The van der Waals surface area contributed by atoms with Gasteiger partial charge in [-0.15, -0.1) is 24.0 Å². The van der Waals surface area contributed by atoms with Crippen LogP contribution in [0.3, 0.4) is 0 Å². The summed E-state index contributed by atoms with van der Waals surface area (Å²) in [7, 11) is 1.74. The minimum atomic E-state index is -0.326. The van der Waals surface area contributed by atoms with Crippen LogP contribution in [0.1, 0.15) is 44.1 Å². The lowest BCUT2D eigenvalue weighted by molar-refractivity contribution is -0.135. The molecule has 2 fully saturated rings. The largest absolute Gasteiger partial charge is 0.356 e. The monoisotopic (exact) mass is 536 g/mol. The van der Waals surface area contributed by atoms with Gasteiger partial charge in [-0.3, -0.25) is 9.79 Å². The molecule has 1 aliphatic heterocycles. The Balaban J connectivity index is 0.00000300. The van der Waals surface area contributed by atoms with Crippen LogP contribution >= 0.6 is 35.6 Å². The summed E-state index contributed by atoms with van der Waals surface area (Å²) in [5.41, 5.74) is 0.899. The lowest BCUT2D eigenvalue weighted by atomic mass is 9.88. The highest BCUT2D eigenvalue weighted by molar-refractivity contribution is 14.0. The van der Waals surface area contributed by atoms with Crippen molar-refractivity contribution < 1.29 is 9.18 Å². The van der Waals surface area contributed by atoms with Gasteiger partial charge in [0.15, 0.2) is 5.96 Å². The first kappa shape index (κ1) is 24.2. The number of aliphatic imine (C=N–C) groups is 1. The van der Waals surface area contributed by atoms with Gasteiger partial charge >= 0.3 is 0 Å². The third kappa shape index (κ3) is 6.98. The molecule has 0 bridgehead atoms. The van der Waals surface area contributed by atoms with Crippen molar-refractivity contribution in [2.45, 2.75) is 51.0 Å². The van der Waals surface area contributed by atoms with Crippen molar-refractivity contribution in [3.8, 4) is 0 Å². The summed E-state index contributed by atoms with van der Waals surface area (Å²) < 4.78 is 13.1. The Morgan fingerprint density at radius 3 is 2.72 bits per heavy atom. The van der Waals surface area contributed by atoms with Crippen LogP contribution in [0.25, 0.3) is 0 Å². The normalized spacial score (nSPS) is 20.3. The second-order valence-corrected chi connectivity index (χ2v) is 8.14. The van der Waals surface area contributed by atoms with Crippen molar-refractivity contribution in [2.75, 3.05) is 26.7 Å². The van der Waals surface area contributed by atoms with E-state index in [2.05, 4.69) is 15.6 Å². The van der Waals surface area contributed by atoms with Gasteiger partial charge in [0.05, 0.1) is 0 Å². The van der Waals surface area contributed by atoms with Gasteiger partial charge < -0.3 is 15.5 Å². The van der Waals surface area contributed by atoms with Crippen molar-refractivity contribution in [2.24, 2.45) is 10.9 Å². The quantitative estimate of drug-likeness (QED) is 0.340. The van der Waals surface area contributed by atoms with Gasteiger partial charge in [-0.05, 0) is 43.4 Å². The molecule has 1 amide bonds. The molecule has 1 aromatic carbocycles. The standard InChI is InChI=1S/C21H30ClFN4O.HI/c1-24-21(25-11-9-15-7-8-17(23)13-19(15)22)26-18-10-12-27(14-18)20(28)16-5-3-2-4-6-16;/h7-8,13,16,18H,2-6,9-12,14H2,1H3,(H2,24,25,26);1H. The summed E-state index contributed by atoms with van der Waals surface area (Å²) in [6.45, 7) is 2.19. The molecule has 0 aromatic heterocycles. The zero-order valence-corrected chi connectivity index (χ0v) is 20.0. The molecule has 1 saturated heterocycles. The number of nitrogens with zero attached hydrogens (tertiary/aromatic N) is 2. The van der Waals surface area contributed by atoms with E-state index in [9.17, 15) is 9.18 Å². The van der Waals surface area contributed by atoms with E-state index < -0.39 is 0 Å². The molecule has 2 N–H and O–H groups in total. The number of hydrogen-bond acceptors (Lipinski definition) is 2. The number of hydrogen-bond donors (Lipinski definition) is 2. The molecule has 1 aliphatic carbocycles. The van der Waals surface area contributed by atoms with Crippen molar-refractivity contribution in [3.05, 3.63) is 34.6 Å². The van der Waals surface area contributed by atoms with Gasteiger partial charge in [0.25, 0.3) is 0 Å². The summed E-state index contributed by atoms with van der Waals surface area (Å²) in [4.78, 5) is 19.0. The Bertz CT molecular complexity index is 712. The third-order valence-electron chi connectivity index (χ3n) is 5.72. The molecule has 5 nitrogen and oxygen atoms in total. The summed E-state index contributed by atoms with van der Waals surface area (Å²) >= 11 is 6.07. The molecule has 1 heterocycles. The molecule has 29 heavy (non-hydrogen) atoms. The number of amides is 1. The summed E-state index contributed by atoms with van der Waals surface area (Å²) in [6, 6.07) is 4.68. The number of likely N-dealkylation sites (tertiary alicyclic amines) is 1. The number of carbonyl (C=O) groups is 1. The van der Waals surface area contributed by atoms with E-state index in [0.717, 1.165) is 43.9 Å². The Kier molecular flexibility index (Phi) is 9.95. The van der Waals surface area contributed by atoms with Crippen molar-refractivity contribution in [3.63, 3.8) is 0 Å². The summed E-state index contributed by atoms with van der Waals surface area (Å²) in [5.74, 6) is 0.950. The second-order valence-electron chi connectivity index (χ2n) is 7.73. The third-order valence-corrected chi connectivity index (χ3v) is 6.07. The molecule has 2 aliphatic rings. The Hall–Kier alpha value is -1.09. The Morgan fingerprint density at radius 1 is 1.28 bits per heavy atom. The lowest BCUT2D eigenvalue weighted by Gasteiger charge is -2.26. The summed E-state index contributed by atoms with van der Waals surface area (Å²) in [5, 5.41) is 7.13. The molecule has 0 radical (unpaired) electrons. The second kappa shape index (κ2) is 11.9. The molecule has 1 atom stereocenters. The molecule has 0 spiro atoms. The molecule has 1 saturated carbocycles. The van der Waals surface area contributed by atoms with E-state index in [1.165, 1.54) is 31.4 Å². The SMILES string of the molecule is CN=C(NCCc1ccc(F)cc1Cl)NC1CCN(C(=O)C2CCCCC2)C1.I. The zero-order valence-electron chi connectivity index (χ0n) is 16.9. The highest BCUT2D eigenvalue weighted by Gasteiger charge is 2.31. The smallest absolute Gasteiger partial charge is 0.225 e. The van der Waals surface area contributed by atoms with Crippen LogP contribution in [0.5, 0.6) is 0 Å². The first-order valence-corrected chi connectivity index (χ1v) is 10.6. The predicted octanol–water partition coefficient (Wildman–Crippen LogP) is 3.99. The van der Waals surface area contributed by atoms with Crippen molar-refractivity contribution in [1.29, 1.82) is 0 Å². The van der Waals surface area contributed by atoms with Gasteiger partial charge in [-0.25, -0.2) is 4.39 Å². The maximum Gasteiger partial charge on any atom is 0.225 e. The molecular weight excluding hydrogens is 506 g/mol. The Labute approximate surface area is 194 Å². The van der Waals surface area contributed by atoms with Crippen LogP contribution in [0.4, 0.5) is 4.39 Å². The van der Waals surface area contributed by atoms with Crippen LogP contribution in [0.15, 0.2) is 23.2 Å². The molecule has 1 unspecified atom stereocenters. The average molecular weight is 537 g/mol. The van der Waals surface area contributed by atoms with Gasteiger partial charge in [0.1, 0.15) is 5.82 Å². The average Bonchev–Trinajstić information content (AvgIpc) is 3.17. The van der Waals surface area contributed by atoms with Gasteiger partial charge in [0.2, 0.25) is 5.91 Å². The van der Waals surface area contributed by atoms with E-state index in [1.54, 1.807) is 13.1 Å². The lowest BCUT2D eigenvalue weighted by Crippen LogP contribution is -2.46. The highest BCUT2D eigenvalue weighted by atomic mass is 127. The van der Waals surface area contributed by atoms with Crippen LogP contribution in [-0.4, -0.2) is 49.5 Å². The number of carbonyl (C=O) groups excluding carboxylic acids is 1. The van der Waals surface area contributed by atoms with Gasteiger partial charge in [-0.1, -0.05) is 36.9 Å². The Morgan fingerprint density at radius 2 is 2.03 bits per heavy atom. The van der Waals surface area contributed by atoms with Crippen molar-refractivity contribution in [1.82, 2.24) is 15.5 Å². The topological polar surface area (TPSA) is 56.7 Å². The molecular formula is C21H31ClFIN4O. The van der Waals surface area contributed by atoms with E-state index in [4.69, 9.17) is 11.6 Å². The van der Waals surface area contributed by atoms with Gasteiger partial charge in [-0.2, -0.15) is 0 Å². The predicted molar refractivity (Wildman–Crippen MR) is 127 cm³/mol. The van der Waals surface area contributed by atoms with Crippen molar-refractivity contribution >= 4 is 47.4 Å². The van der Waals surface area contributed by atoms with E-state index in [1.807, 2.05) is 4.90 Å². The number of nitrogens with one attached hydrogen (secondary N) is 2. The van der Waals surface area contributed by atoms with Crippen LogP contribution < -0.4 is 10.6 Å². The first-order valence-electron chi connectivity index (χ1n) is 10.3. The molecule has 3 rings (SSSR count). The van der Waals surface area contributed by atoms with Gasteiger partial charge in [0, 0.05) is 43.7 Å². The maximum atomic E-state index is 13.1. The maximum absolute atomic E-state index is 13.1. The fraction of sp³-hybridized carbons (Fsp3) is 0.619. The number of halogens is 3. The van der Waals surface area contributed by atoms with Crippen LogP contribution in [0.2, 0.25) is 5.02 Å². The fourth-order valence-corrected chi connectivity index (χ4v) is 4.38. The molecule has 162 valence electrons. The summed E-state index contributed by atoms with van der Waals surface area (Å²) in [6.07, 6.45) is 7.32. The van der Waals surface area contributed by atoms with E-state index in [0.29, 0.717) is 23.9 Å². The van der Waals surface area contributed by atoms with Crippen LogP contribution in [-0.2, 0) is 11.2 Å². The highest BCUT2D eigenvalue weighted by Crippen LogP contribution is 2.26. The van der Waals surface area contributed by atoms with E-state index in [-0.39, 0.29) is 41.8 Å².